The molecule has 0 N–H and O–H groups in total. The summed E-state index contributed by atoms with van der Waals surface area (Å²) >= 11 is 7.53. The van der Waals surface area contributed by atoms with Crippen molar-refractivity contribution in [2.75, 3.05) is 6.61 Å². The zero-order valence-corrected chi connectivity index (χ0v) is 11.1. The molecule has 0 bridgehead atoms. The second kappa shape index (κ2) is 3.35. The van der Waals surface area contributed by atoms with E-state index in [9.17, 15) is 0 Å². The van der Waals surface area contributed by atoms with E-state index in [0.29, 0.717) is 15.8 Å². The van der Waals surface area contributed by atoms with Gasteiger partial charge in [-0.25, -0.2) is 0 Å². The number of halogens is 2. The van der Waals surface area contributed by atoms with Crippen LogP contribution in [0.2, 0.25) is 0 Å². The molecule has 1 fully saturated rings. The summed E-state index contributed by atoms with van der Waals surface area (Å²) in [6.45, 7) is 5.38. The molecule has 1 aliphatic heterocycles. The van der Waals surface area contributed by atoms with Gasteiger partial charge in [0.15, 0.2) is 0 Å². The molecule has 0 spiro atoms. The van der Waals surface area contributed by atoms with Crippen LogP contribution in [0.4, 0.5) is 0 Å². The van der Waals surface area contributed by atoms with E-state index in [2.05, 4.69) is 51.8 Å². The van der Waals surface area contributed by atoms with Gasteiger partial charge in [-0.2, -0.15) is 0 Å². The molecular weight excluding hydrogens is 296 g/mol. The van der Waals surface area contributed by atoms with E-state index in [-0.39, 0.29) is 5.41 Å². The molecule has 0 aromatic rings. The quantitative estimate of drug-likeness (QED) is 0.493. The van der Waals surface area contributed by atoms with E-state index in [1.807, 2.05) is 0 Å². The van der Waals surface area contributed by atoms with Gasteiger partial charge in [-0.3, -0.25) is 0 Å². The molecule has 0 aromatic heterocycles. The van der Waals surface area contributed by atoms with Gasteiger partial charge in [-0.15, -0.1) is 0 Å². The highest BCUT2D eigenvalue weighted by Gasteiger charge is 2.46. The minimum absolute atomic E-state index is 0.274. The van der Waals surface area contributed by atoms with Crippen molar-refractivity contribution in [3.05, 3.63) is 11.6 Å². The highest BCUT2D eigenvalue weighted by atomic mass is 79.9. The molecule has 0 saturated heterocycles. The van der Waals surface area contributed by atoms with Crippen molar-refractivity contribution in [3.8, 4) is 0 Å². The number of fused-ring (bicyclic) bond motifs is 1. The van der Waals surface area contributed by atoms with Gasteiger partial charge in [0, 0.05) is 9.65 Å². The van der Waals surface area contributed by atoms with Gasteiger partial charge in [0.2, 0.25) is 0 Å². The van der Waals surface area contributed by atoms with Gasteiger partial charge in [-0.05, 0) is 17.4 Å². The third kappa shape index (κ3) is 1.53. The Balaban J connectivity index is 2.28. The standard InChI is InChI=1S/C10H14Br2O/c1-10(2)8(11)5-7-6(9(10)12)3-4-13-7/h3,7-9H,4-5H2,1-2H3/t7-,8+,9-/m1/s1. The Hall–Kier alpha value is 0.660. The van der Waals surface area contributed by atoms with Crippen LogP contribution in [0.3, 0.4) is 0 Å². The minimum atomic E-state index is 0.274. The van der Waals surface area contributed by atoms with E-state index in [1.54, 1.807) is 0 Å². The molecule has 0 aromatic carbocycles. The van der Waals surface area contributed by atoms with Crippen molar-refractivity contribution in [1.82, 2.24) is 0 Å². The maximum absolute atomic E-state index is 5.64. The summed E-state index contributed by atoms with van der Waals surface area (Å²) < 4.78 is 5.64. The monoisotopic (exact) mass is 308 g/mol. The Kier molecular flexibility index (Phi) is 2.63. The fraction of sp³-hybridized carbons (Fsp3) is 0.800. The van der Waals surface area contributed by atoms with Crippen LogP contribution in [0.1, 0.15) is 20.3 Å². The number of rotatable bonds is 0. The molecule has 0 radical (unpaired) electrons. The predicted molar refractivity (Wildman–Crippen MR) is 61.7 cm³/mol. The fourth-order valence-electron chi connectivity index (χ4n) is 2.04. The Bertz CT molecular complexity index is 247. The topological polar surface area (TPSA) is 9.23 Å². The van der Waals surface area contributed by atoms with Crippen molar-refractivity contribution >= 4 is 31.9 Å². The van der Waals surface area contributed by atoms with E-state index in [4.69, 9.17) is 4.74 Å². The second-order valence-corrected chi connectivity index (χ2v) is 6.43. The largest absolute Gasteiger partial charge is 0.370 e. The third-order valence-corrected chi connectivity index (χ3v) is 6.42. The molecule has 13 heavy (non-hydrogen) atoms. The Labute approximate surface area is 96.2 Å². The zero-order chi connectivity index (χ0) is 9.64. The van der Waals surface area contributed by atoms with Gasteiger partial charge in [0.1, 0.15) is 0 Å². The van der Waals surface area contributed by atoms with Crippen LogP contribution in [-0.4, -0.2) is 22.4 Å². The first-order valence-electron chi connectivity index (χ1n) is 4.63. The molecule has 0 amide bonds. The summed E-state index contributed by atoms with van der Waals surface area (Å²) in [5.41, 5.74) is 1.72. The maximum atomic E-state index is 5.64. The molecule has 1 aliphatic carbocycles. The molecule has 1 nitrogen and oxygen atoms in total. The summed E-state index contributed by atoms with van der Waals surface area (Å²) in [5.74, 6) is 0. The van der Waals surface area contributed by atoms with Crippen LogP contribution >= 0.6 is 31.9 Å². The van der Waals surface area contributed by atoms with Crippen LogP contribution in [0.15, 0.2) is 11.6 Å². The molecule has 3 atom stereocenters. The maximum Gasteiger partial charge on any atom is 0.0812 e. The number of hydrogen-bond donors (Lipinski definition) is 0. The molecule has 74 valence electrons. The van der Waals surface area contributed by atoms with Gasteiger partial charge < -0.3 is 4.74 Å². The summed E-state index contributed by atoms with van der Waals surface area (Å²) in [5, 5.41) is 0. The lowest BCUT2D eigenvalue weighted by atomic mass is 9.74. The third-order valence-electron chi connectivity index (χ3n) is 3.16. The van der Waals surface area contributed by atoms with E-state index >= 15 is 0 Å². The van der Waals surface area contributed by atoms with Crippen LogP contribution < -0.4 is 0 Å². The molecule has 2 aliphatic rings. The van der Waals surface area contributed by atoms with Crippen LogP contribution in [0.25, 0.3) is 0 Å². The summed E-state index contributed by atoms with van der Waals surface area (Å²) in [6, 6.07) is 0. The van der Waals surface area contributed by atoms with Crippen molar-refractivity contribution < 1.29 is 4.74 Å². The van der Waals surface area contributed by atoms with E-state index in [1.165, 1.54) is 5.57 Å². The van der Waals surface area contributed by atoms with Gasteiger partial charge in [0.25, 0.3) is 0 Å². The first-order chi connectivity index (χ1) is 6.03. The molecular formula is C10H14Br2O. The first-order valence-corrected chi connectivity index (χ1v) is 6.46. The fourth-order valence-corrected chi connectivity index (χ4v) is 3.80. The highest BCUT2D eigenvalue weighted by Crippen LogP contribution is 2.48. The SMILES string of the molecule is CC1(C)[C@H](Br)C2=CCO[C@@H]2C[C@@H]1Br. The summed E-state index contributed by atoms with van der Waals surface area (Å²) in [6.07, 6.45) is 3.67. The van der Waals surface area contributed by atoms with Crippen LogP contribution in [0, 0.1) is 5.41 Å². The normalized spacial score (nSPS) is 42.8. The van der Waals surface area contributed by atoms with Crippen molar-refractivity contribution in [1.29, 1.82) is 0 Å². The average molecular weight is 310 g/mol. The number of alkyl halides is 2. The van der Waals surface area contributed by atoms with Crippen LogP contribution in [-0.2, 0) is 4.74 Å². The molecule has 0 unspecified atom stereocenters. The lowest BCUT2D eigenvalue weighted by Gasteiger charge is -2.43. The van der Waals surface area contributed by atoms with Crippen molar-refractivity contribution in [3.63, 3.8) is 0 Å². The summed E-state index contributed by atoms with van der Waals surface area (Å²) in [4.78, 5) is 0.982. The summed E-state index contributed by atoms with van der Waals surface area (Å²) in [7, 11) is 0. The molecule has 2 rings (SSSR count). The smallest absolute Gasteiger partial charge is 0.0812 e. The second-order valence-electron chi connectivity index (χ2n) is 4.41. The highest BCUT2D eigenvalue weighted by molar-refractivity contribution is 9.10. The number of hydrogen-bond acceptors (Lipinski definition) is 1. The van der Waals surface area contributed by atoms with Gasteiger partial charge >= 0.3 is 0 Å². The van der Waals surface area contributed by atoms with Crippen molar-refractivity contribution in [2.45, 2.75) is 36.0 Å². The molecule has 1 saturated carbocycles. The predicted octanol–water partition coefficient (Wildman–Crippen LogP) is 3.27. The van der Waals surface area contributed by atoms with Crippen LogP contribution in [0.5, 0.6) is 0 Å². The Morgan fingerprint density at radius 1 is 1.46 bits per heavy atom. The lowest BCUT2D eigenvalue weighted by molar-refractivity contribution is 0.0875. The Morgan fingerprint density at radius 3 is 2.85 bits per heavy atom. The minimum Gasteiger partial charge on any atom is -0.370 e. The molecule has 1 heterocycles. The Morgan fingerprint density at radius 2 is 2.15 bits per heavy atom. The average Bonchev–Trinajstić information content (AvgIpc) is 2.49. The van der Waals surface area contributed by atoms with Gasteiger partial charge in [-0.1, -0.05) is 51.8 Å². The van der Waals surface area contributed by atoms with E-state index in [0.717, 1.165) is 13.0 Å². The zero-order valence-electron chi connectivity index (χ0n) is 7.89. The first kappa shape index (κ1) is 10.2. The molecule has 3 heteroatoms. The van der Waals surface area contributed by atoms with E-state index < -0.39 is 0 Å². The number of ether oxygens (including phenoxy) is 1. The van der Waals surface area contributed by atoms with Gasteiger partial charge in [0.05, 0.1) is 12.7 Å². The lowest BCUT2D eigenvalue weighted by Crippen LogP contribution is -2.44. The van der Waals surface area contributed by atoms with Crippen molar-refractivity contribution in [2.24, 2.45) is 5.41 Å².